The zero-order valence-corrected chi connectivity index (χ0v) is 33.0. The van der Waals surface area contributed by atoms with Crippen LogP contribution in [0.1, 0.15) is 0 Å². The number of furan rings is 1. The highest BCUT2D eigenvalue weighted by atomic mass is 16.3. The van der Waals surface area contributed by atoms with Gasteiger partial charge in [0.2, 0.25) is 5.89 Å². The smallest absolute Gasteiger partial charge is 0.227 e. The molecule has 0 radical (unpaired) electrons. The zero-order valence-electron chi connectivity index (χ0n) is 33.0. The van der Waals surface area contributed by atoms with Crippen LogP contribution in [-0.4, -0.2) is 4.98 Å². The molecule has 4 nitrogen and oxygen atoms in total. The first-order valence-corrected chi connectivity index (χ1v) is 20.6. The van der Waals surface area contributed by atoms with Gasteiger partial charge in [-0.05, 0) is 116 Å². The van der Waals surface area contributed by atoms with Gasteiger partial charge in [-0.2, -0.15) is 0 Å². The molecule has 0 aliphatic heterocycles. The predicted molar refractivity (Wildman–Crippen MR) is 253 cm³/mol. The van der Waals surface area contributed by atoms with Gasteiger partial charge in [-0.3, -0.25) is 0 Å². The van der Waals surface area contributed by atoms with E-state index in [-0.39, 0.29) is 0 Å². The lowest BCUT2D eigenvalue weighted by Crippen LogP contribution is -2.09. The van der Waals surface area contributed by atoms with Crippen LogP contribution in [0.25, 0.3) is 99.4 Å². The van der Waals surface area contributed by atoms with Crippen molar-refractivity contribution in [3.05, 3.63) is 218 Å². The van der Waals surface area contributed by atoms with Crippen LogP contribution in [0, 0.1) is 0 Å². The van der Waals surface area contributed by atoms with Gasteiger partial charge in [-0.25, -0.2) is 4.98 Å². The molecule has 0 fully saturated rings. The minimum atomic E-state index is 0.608. The third-order valence-corrected chi connectivity index (χ3v) is 11.9. The summed E-state index contributed by atoms with van der Waals surface area (Å²) in [6.07, 6.45) is 0. The van der Waals surface area contributed by atoms with E-state index in [1.165, 1.54) is 21.9 Å². The number of anilines is 3. The second kappa shape index (κ2) is 14.3. The van der Waals surface area contributed by atoms with Crippen LogP contribution in [-0.2, 0) is 0 Å². The van der Waals surface area contributed by atoms with Crippen LogP contribution < -0.4 is 4.90 Å². The molecule has 0 amide bonds. The van der Waals surface area contributed by atoms with E-state index in [1.807, 2.05) is 24.3 Å². The van der Waals surface area contributed by atoms with E-state index >= 15 is 0 Å². The van der Waals surface area contributed by atoms with Crippen LogP contribution in [0.15, 0.2) is 227 Å². The van der Waals surface area contributed by atoms with Crippen molar-refractivity contribution in [2.45, 2.75) is 0 Å². The maximum Gasteiger partial charge on any atom is 0.227 e. The van der Waals surface area contributed by atoms with E-state index < -0.39 is 0 Å². The Morgan fingerprint density at radius 1 is 0.344 bits per heavy atom. The highest BCUT2D eigenvalue weighted by molar-refractivity contribution is 6.22. The predicted octanol–water partition coefficient (Wildman–Crippen LogP) is 16.2. The molecule has 0 aliphatic rings. The summed E-state index contributed by atoms with van der Waals surface area (Å²) in [4.78, 5) is 7.20. The van der Waals surface area contributed by atoms with E-state index in [9.17, 15) is 0 Å². The number of para-hydroxylation sites is 3. The highest BCUT2D eigenvalue weighted by Crippen LogP contribution is 2.47. The molecule has 0 N–H and O–H groups in total. The van der Waals surface area contributed by atoms with Crippen LogP contribution in [0.4, 0.5) is 17.1 Å². The summed E-state index contributed by atoms with van der Waals surface area (Å²) in [5, 5.41) is 6.76. The van der Waals surface area contributed by atoms with Gasteiger partial charge < -0.3 is 13.7 Å². The van der Waals surface area contributed by atoms with E-state index in [4.69, 9.17) is 13.8 Å². The van der Waals surface area contributed by atoms with E-state index in [1.54, 1.807) is 0 Å². The number of fused-ring (bicyclic) bond motifs is 7. The molecule has 61 heavy (non-hydrogen) atoms. The topological polar surface area (TPSA) is 42.4 Å². The maximum atomic E-state index is 6.98. The molecular weight excluding hydrogens is 745 g/mol. The molecule has 0 atom stereocenters. The maximum absolute atomic E-state index is 6.98. The van der Waals surface area contributed by atoms with Crippen LogP contribution in [0.5, 0.6) is 0 Å². The first-order valence-electron chi connectivity index (χ1n) is 20.6. The lowest BCUT2D eigenvalue weighted by molar-refractivity contribution is 0.620. The molecule has 0 aliphatic carbocycles. The molecule has 12 rings (SSSR count). The SMILES string of the molecule is c1ccc(-c2ccc(N(c3ccccc3)c3ccc(-c4c(-c5ccc(-c6nc7ccccc7o6)c6ccccc56)ccc5c4oc4ccc6ccccc6c45)cc3)cc2)cc1. The van der Waals surface area contributed by atoms with Crippen molar-refractivity contribution in [1.82, 2.24) is 4.98 Å². The van der Waals surface area contributed by atoms with Crippen LogP contribution in [0.3, 0.4) is 0 Å². The van der Waals surface area contributed by atoms with Crippen molar-refractivity contribution in [2.75, 3.05) is 4.90 Å². The first-order chi connectivity index (χ1) is 30.2. The third-order valence-electron chi connectivity index (χ3n) is 11.9. The molecule has 0 unspecified atom stereocenters. The number of oxazole rings is 1. The Bertz CT molecular complexity index is 3540. The van der Waals surface area contributed by atoms with Crippen molar-refractivity contribution >= 4 is 71.6 Å². The average molecular weight is 781 g/mol. The standard InChI is InChI=1S/C57H36N2O2/c1-3-13-37(14-4-1)38-23-28-42(29-24-38)59(41-16-5-2-6-17-41)43-30-25-40(26-31-43)54-48(33-35-50-55-44-18-8-7-15-39(44)27-36-53(55)60-56(50)54)47-32-34-49(46-20-10-9-19-45(46)47)57-58-51-21-11-12-22-52(51)61-57/h1-36H. The number of rotatable bonds is 7. The van der Waals surface area contributed by atoms with E-state index in [2.05, 4.69) is 199 Å². The van der Waals surface area contributed by atoms with Crippen LogP contribution in [0.2, 0.25) is 0 Å². The molecular formula is C57H36N2O2. The summed E-state index contributed by atoms with van der Waals surface area (Å²) in [5.74, 6) is 0.608. The summed E-state index contributed by atoms with van der Waals surface area (Å²) >= 11 is 0. The summed E-state index contributed by atoms with van der Waals surface area (Å²) in [5.41, 5.74) is 14.2. The van der Waals surface area contributed by atoms with Crippen molar-refractivity contribution in [3.8, 4) is 44.8 Å². The first kappa shape index (κ1) is 34.8. The van der Waals surface area contributed by atoms with Gasteiger partial charge in [0.05, 0.1) is 0 Å². The Balaban J connectivity index is 1.05. The quantitative estimate of drug-likeness (QED) is 0.162. The Morgan fingerprint density at radius 3 is 1.67 bits per heavy atom. The molecule has 4 heteroatoms. The summed E-state index contributed by atoms with van der Waals surface area (Å²) < 4.78 is 13.3. The number of hydrogen-bond donors (Lipinski definition) is 0. The monoisotopic (exact) mass is 780 g/mol. The van der Waals surface area contributed by atoms with Crippen LogP contribution >= 0.6 is 0 Å². The third kappa shape index (κ3) is 5.88. The molecule has 286 valence electrons. The number of aromatic nitrogens is 1. The molecule has 0 bridgehead atoms. The fourth-order valence-corrected chi connectivity index (χ4v) is 9.06. The van der Waals surface area contributed by atoms with Gasteiger partial charge in [0.25, 0.3) is 0 Å². The van der Waals surface area contributed by atoms with Crippen molar-refractivity contribution in [2.24, 2.45) is 0 Å². The summed E-state index contributed by atoms with van der Waals surface area (Å²) in [6, 6.07) is 77.0. The minimum Gasteiger partial charge on any atom is -0.455 e. The Kier molecular flexibility index (Phi) is 8.13. The average Bonchev–Trinajstić information content (AvgIpc) is 3.95. The van der Waals surface area contributed by atoms with Gasteiger partial charge in [0.1, 0.15) is 16.7 Å². The Labute approximate surface area is 352 Å². The number of hydrogen-bond acceptors (Lipinski definition) is 4. The van der Waals surface area contributed by atoms with E-state index in [0.29, 0.717) is 5.89 Å². The van der Waals surface area contributed by atoms with Crippen molar-refractivity contribution in [3.63, 3.8) is 0 Å². The molecule has 12 aromatic rings. The minimum absolute atomic E-state index is 0.608. The van der Waals surface area contributed by atoms with Gasteiger partial charge in [0, 0.05) is 39.0 Å². The summed E-state index contributed by atoms with van der Waals surface area (Å²) in [7, 11) is 0. The second-order valence-corrected chi connectivity index (χ2v) is 15.5. The Morgan fingerprint density at radius 2 is 0.918 bits per heavy atom. The molecule has 0 spiro atoms. The highest BCUT2D eigenvalue weighted by Gasteiger charge is 2.22. The number of benzene rings is 10. The van der Waals surface area contributed by atoms with Gasteiger partial charge >= 0.3 is 0 Å². The fraction of sp³-hybridized carbons (Fsp3) is 0. The van der Waals surface area contributed by atoms with Gasteiger partial charge in [-0.15, -0.1) is 0 Å². The zero-order chi connectivity index (χ0) is 40.3. The van der Waals surface area contributed by atoms with Gasteiger partial charge in [-0.1, -0.05) is 152 Å². The Hall–Kier alpha value is -8.21. The van der Waals surface area contributed by atoms with E-state index in [0.717, 1.165) is 88.7 Å². The van der Waals surface area contributed by atoms with Gasteiger partial charge in [0.15, 0.2) is 5.58 Å². The number of nitrogens with zero attached hydrogens (tertiary/aromatic N) is 2. The second-order valence-electron chi connectivity index (χ2n) is 15.5. The normalized spacial score (nSPS) is 11.6. The van der Waals surface area contributed by atoms with Crippen molar-refractivity contribution in [1.29, 1.82) is 0 Å². The molecule has 0 saturated carbocycles. The molecule has 2 aromatic heterocycles. The molecule has 10 aromatic carbocycles. The van der Waals surface area contributed by atoms with Crippen molar-refractivity contribution < 1.29 is 8.83 Å². The lowest BCUT2D eigenvalue weighted by Gasteiger charge is -2.26. The lowest BCUT2D eigenvalue weighted by atomic mass is 9.88. The molecule has 0 saturated heterocycles. The largest absolute Gasteiger partial charge is 0.455 e. The molecule has 2 heterocycles. The summed E-state index contributed by atoms with van der Waals surface area (Å²) in [6.45, 7) is 0. The fourth-order valence-electron chi connectivity index (χ4n) is 9.06.